The number of carbonyl (C=O) groups is 3. The number of benzene rings is 1. The first-order valence-electron chi connectivity index (χ1n) is 9.01. The Morgan fingerprint density at radius 1 is 1.24 bits per heavy atom. The number of nitrogens with one attached hydrogen (secondary N) is 1. The summed E-state index contributed by atoms with van der Waals surface area (Å²) in [5.74, 6) is -1.09. The smallest absolute Gasteiger partial charge is 0.327 e. The minimum Gasteiger partial charge on any atom is -0.493 e. The molecule has 2 amide bonds. The molecule has 1 aromatic carbocycles. The van der Waals surface area contributed by atoms with Crippen molar-refractivity contribution in [3.8, 4) is 11.5 Å². The van der Waals surface area contributed by atoms with Crippen LogP contribution in [0, 0.1) is 0 Å². The van der Waals surface area contributed by atoms with Crippen LogP contribution < -0.4 is 20.5 Å². The van der Waals surface area contributed by atoms with E-state index in [2.05, 4.69) is 5.32 Å². The predicted molar refractivity (Wildman–Crippen MR) is 107 cm³/mol. The molecule has 0 saturated carbocycles. The van der Waals surface area contributed by atoms with Crippen molar-refractivity contribution in [1.29, 1.82) is 0 Å². The van der Waals surface area contributed by atoms with E-state index in [0.29, 0.717) is 17.1 Å². The number of carboxylic acid groups (broad SMARTS) is 1. The zero-order chi connectivity index (χ0) is 21.7. The first kappa shape index (κ1) is 21.3. The van der Waals surface area contributed by atoms with Gasteiger partial charge < -0.3 is 30.5 Å². The van der Waals surface area contributed by atoms with Crippen molar-refractivity contribution in [2.24, 2.45) is 5.73 Å². The molecule has 2 saturated heterocycles. The zero-order valence-corrected chi connectivity index (χ0v) is 17.7. The summed E-state index contributed by atoms with van der Waals surface area (Å²) in [5, 5.41) is 11.8. The largest absolute Gasteiger partial charge is 0.493 e. The van der Waals surface area contributed by atoms with E-state index in [1.807, 2.05) is 0 Å². The number of fused-ring (bicyclic) bond motifs is 1. The van der Waals surface area contributed by atoms with Crippen molar-refractivity contribution in [2.75, 3.05) is 14.2 Å². The van der Waals surface area contributed by atoms with Crippen LogP contribution in [0.1, 0.15) is 32.4 Å². The maximum absolute atomic E-state index is 12.8. The van der Waals surface area contributed by atoms with Gasteiger partial charge >= 0.3 is 5.97 Å². The van der Waals surface area contributed by atoms with Gasteiger partial charge in [-0.05, 0) is 38.5 Å². The molecule has 2 heterocycles. The third-order valence-electron chi connectivity index (χ3n) is 5.44. The summed E-state index contributed by atoms with van der Waals surface area (Å²) >= 11 is 1.36. The Morgan fingerprint density at radius 3 is 2.41 bits per heavy atom. The maximum atomic E-state index is 12.8. The summed E-state index contributed by atoms with van der Waals surface area (Å²) in [4.78, 5) is 38.6. The number of hydrogen-bond acceptors (Lipinski definition) is 7. The molecular weight excluding hydrogens is 398 g/mol. The molecule has 0 radical (unpaired) electrons. The highest BCUT2D eigenvalue weighted by Crippen LogP contribution is 2.54. The summed E-state index contributed by atoms with van der Waals surface area (Å²) in [7, 11) is 2.98. The number of ether oxygens (including phenoxy) is 2. The summed E-state index contributed by atoms with van der Waals surface area (Å²) in [5.41, 5.74) is 5.39. The van der Waals surface area contributed by atoms with Crippen molar-refractivity contribution in [3.63, 3.8) is 0 Å². The average Bonchev–Trinajstić information content (AvgIpc) is 2.96. The van der Waals surface area contributed by atoms with Gasteiger partial charge in [-0.25, -0.2) is 4.79 Å². The van der Waals surface area contributed by atoms with E-state index in [1.165, 1.54) is 30.9 Å². The molecule has 1 aromatic rings. The molecule has 4 N–H and O–H groups in total. The number of thioether (sulfide) groups is 1. The third kappa shape index (κ3) is 3.20. The van der Waals surface area contributed by atoms with Gasteiger partial charge in [-0.2, -0.15) is 0 Å². The SMILES string of the molecule is COc1ccc(C(N)C(=O)NC2(C)C(=O)N3[C@@H](C(=O)O)C(C)(C)S[C@@H]32)cc1OC. The molecule has 4 atom stereocenters. The van der Waals surface area contributed by atoms with Gasteiger partial charge in [-0.15, -0.1) is 11.8 Å². The molecular formula is C19H25N3O6S. The lowest BCUT2D eigenvalue weighted by Crippen LogP contribution is -2.78. The number of aliphatic carboxylic acids is 1. The van der Waals surface area contributed by atoms with E-state index in [1.54, 1.807) is 39.0 Å². The van der Waals surface area contributed by atoms with Crippen LogP contribution in [0.4, 0.5) is 0 Å². The van der Waals surface area contributed by atoms with Crippen molar-refractivity contribution < 1.29 is 29.0 Å². The molecule has 0 aliphatic carbocycles. The number of nitrogens with two attached hydrogens (primary N) is 1. The van der Waals surface area contributed by atoms with Crippen LogP contribution in [0.25, 0.3) is 0 Å². The van der Waals surface area contributed by atoms with Gasteiger partial charge in [0.25, 0.3) is 5.91 Å². The highest BCUT2D eigenvalue weighted by Gasteiger charge is 2.70. The molecule has 3 rings (SSSR count). The van der Waals surface area contributed by atoms with Gasteiger partial charge in [-0.3, -0.25) is 9.59 Å². The Labute approximate surface area is 172 Å². The van der Waals surface area contributed by atoms with E-state index < -0.39 is 45.5 Å². The summed E-state index contributed by atoms with van der Waals surface area (Å²) in [6, 6.07) is 2.91. The van der Waals surface area contributed by atoms with E-state index >= 15 is 0 Å². The van der Waals surface area contributed by atoms with E-state index in [9.17, 15) is 19.5 Å². The number of methoxy groups -OCH3 is 2. The molecule has 2 aliphatic rings. The number of amides is 2. The van der Waals surface area contributed by atoms with Gasteiger partial charge in [0, 0.05) is 4.75 Å². The number of β-lactam (4-membered cyclic amide) rings is 1. The molecule has 0 aromatic heterocycles. The fourth-order valence-electron chi connectivity index (χ4n) is 3.87. The number of hydrogen-bond donors (Lipinski definition) is 3. The molecule has 2 fully saturated rings. The normalized spacial score (nSPS) is 28.2. The van der Waals surface area contributed by atoms with E-state index in [0.717, 1.165) is 0 Å². The fourth-order valence-corrected chi connectivity index (χ4v) is 5.51. The summed E-state index contributed by atoms with van der Waals surface area (Å²) in [6.45, 7) is 5.16. The standard InChI is InChI=1S/C19H25N3O6S/c1-18(2)13(15(24)25)22-16(26)19(3,17(22)29-18)21-14(23)12(20)9-6-7-10(27-4)11(8-9)28-5/h6-8,12-13,17H,20H2,1-5H3,(H,21,23)(H,24,25)/t12?,13-,17+,19?/m0/s1. The highest BCUT2D eigenvalue weighted by atomic mass is 32.2. The van der Waals surface area contributed by atoms with Crippen molar-refractivity contribution in [1.82, 2.24) is 10.2 Å². The molecule has 29 heavy (non-hydrogen) atoms. The second-order valence-corrected chi connectivity index (χ2v) is 9.54. The number of carbonyl (C=O) groups excluding carboxylic acids is 2. The van der Waals surface area contributed by atoms with Crippen molar-refractivity contribution in [2.45, 2.75) is 48.5 Å². The first-order chi connectivity index (χ1) is 13.5. The van der Waals surface area contributed by atoms with Crippen LogP contribution in [0.2, 0.25) is 0 Å². The monoisotopic (exact) mass is 423 g/mol. The second-order valence-electron chi connectivity index (χ2n) is 7.81. The van der Waals surface area contributed by atoms with Gasteiger partial charge in [0.15, 0.2) is 11.5 Å². The van der Waals surface area contributed by atoms with Crippen molar-refractivity contribution >= 4 is 29.5 Å². The predicted octanol–water partition coefficient (Wildman–Crippen LogP) is 0.725. The van der Waals surface area contributed by atoms with Gasteiger partial charge in [-0.1, -0.05) is 6.07 Å². The van der Waals surface area contributed by atoms with Gasteiger partial charge in [0.05, 0.1) is 14.2 Å². The summed E-state index contributed by atoms with van der Waals surface area (Å²) < 4.78 is 9.74. The molecule has 10 heteroatoms. The second kappa shape index (κ2) is 7.10. The Bertz CT molecular complexity index is 876. The van der Waals surface area contributed by atoms with Crippen LogP contribution >= 0.6 is 11.8 Å². The molecule has 2 aliphatic heterocycles. The Morgan fingerprint density at radius 2 is 1.86 bits per heavy atom. The highest BCUT2D eigenvalue weighted by molar-refractivity contribution is 8.01. The van der Waals surface area contributed by atoms with E-state index in [-0.39, 0.29) is 0 Å². The van der Waals surface area contributed by atoms with Crippen LogP contribution in [0.15, 0.2) is 18.2 Å². The van der Waals surface area contributed by atoms with E-state index in [4.69, 9.17) is 15.2 Å². The van der Waals surface area contributed by atoms with Crippen LogP contribution in [0.5, 0.6) is 11.5 Å². The fraction of sp³-hybridized carbons (Fsp3) is 0.526. The first-order valence-corrected chi connectivity index (χ1v) is 9.88. The third-order valence-corrected chi connectivity index (χ3v) is 7.20. The number of carboxylic acids is 1. The minimum absolute atomic E-state index is 0.430. The van der Waals surface area contributed by atoms with Gasteiger partial charge in [0.2, 0.25) is 5.91 Å². The van der Waals surface area contributed by atoms with Crippen molar-refractivity contribution in [3.05, 3.63) is 23.8 Å². The number of nitrogens with zero attached hydrogens (tertiary/aromatic N) is 1. The van der Waals surface area contributed by atoms with Crippen LogP contribution in [0.3, 0.4) is 0 Å². The minimum atomic E-state index is -1.22. The Kier molecular flexibility index (Phi) is 5.20. The molecule has 9 nitrogen and oxygen atoms in total. The zero-order valence-electron chi connectivity index (χ0n) is 16.9. The topological polar surface area (TPSA) is 131 Å². The lowest BCUT2D eigenvalue weighted by Gasteiger charge is -2.51. The van der Waals surface area contributed by atoms with Crippen LogP contribution in [-0.2, 0) is 14.4 Å². The lowest BCUT2D eigenvalue weighted by molar-refractivity contribution is -0.168. The maximum Gasteiger partial charge on any atom is 0.327 e. The Hall–Kier alpha value is -2.46. The summed E-state index contributed by atoms with van der Waals surface area (Å²) in [6.07, 6.45) is 0. The quantitative estimate of drug-likeness (QED) is 0.571. The van der Waals surface area contributed by atoms with Gasteiger partial charge in [0.1, 0.15) is 23.0 Å². The molecule has 158 valence electrons. The lowest BCUT2D eigenvalue weighted by atomic mass is 9.85. The molecule has 0 bridgehead atoms. The molecule has 2 unspecified atom stereocenters. The number of rotatable bonds is 6. The Balaban J connectivity index is 1.79. The molecule has 0 spiro atoms. The average molecular weight is 423 g/mol. The van der Waals surface area contributed by atoms with Crippen LogP contribution in [-0.4, -0.2) is 63.7 Å².